The summed E-state index contributed by atoms with van der Waals surface area (Å²) in [4.78, 5) is 15.6. The largest absolute Gasteiger partial charge is 0.398 e. The highest BCUT2D eigenvalue weighted by Gasteiger charge is 2.29. The van der Waals surface area contributed by atoms with Crippen molar-refractivity contribution in [3.8, 4) is 0 Å². The van der Waals surface area contributed by atoms with Gasteiger partial charge in [-0.25, -0.2) is 0 Å². The van der Waals surface area contributed by atoms with Gasteiger partial charge in [0.2, 0.25) is 0 Å². The lowest BCUT2D eigenvalue weighted by molar-refractivity contribution is -0.0857. The molecule has 0 aromatic carbocycles. The van der Waals surface area contributed by atoms with E-state index in [4.69, 9.17) is 15.6 Å². The molecule has 0 spiro atoms. The Kier molecular flexibility index (Phi) is 3.89. The lowest BCUT2D eigenvalue weighted by Crippen LogP contribution is -2.50. The van der Waals surface area contributed by atoms with Gasteiger partial charge in [-0.3, -0.25) is 4.79 Å². The summed E-state index contributed by atoms with van der Waals surface area (Å²) in [7, 11) is 0. The van der Waals surface area contributed by atoms with Crippen LogP contribution in [0.4, 0.5) is 5.69 Å². The number of nitrogens with zero attached hydrogens (tertiary/aromatic N) is 1. The number of rotatable bonds is 2. The number of nitrogens with two attached hydrogens (primary N) is 1. The molecule has 0 saturated carbocycles. The Morgan fingerprint density at radius 1 is 1.67 bits per heavy atom. The van der Waals surface area contributed by atoms with E-state index in [-0.39, 0.29) is 24.7 Å². The number of hydrogen-bond acceptors (Lipinski definition) is 5. The Hall–Kier alpha value is -1.11. The van der Waals surface area contributed by atoms with Crippen LogP contribution < -0.4 is 5.73 Å². The molecule has 5 nitrogen and oxygen atoms in total. The molecule has 1 saturated heterocycles. The van der Waals surface area contributed by atoms with E-state index in [1.54, 1.807) is 11.0 Å². The third kappa shape index (κ3) is 2.66. The molecule has 2 atom stereocenters. The first kappa shape index (κ1) is 13.3. The molecule has 0 aliphatic carbocycles. The second-order valence-corrected chi connectivity index (χ2v) is 5.84. The van der Waals surface area contributed by atoms with Gasteiger partial charge in [0.1, 0.15) is 0 Å². The maximum atomic E-state index is 12.3. The molecule has 0 bridgehead atoms. The number of thiophene rings is 1. The molecule has 1 amide bonds. The van der Waals surface area contributed by atoms with Crippen molar-refractivity contribution >= 4 is 22.9 Å². The first-order chi connectivity index (χ1) is 8.51. The maximum absolute atomic E-state index is 12.3. The van der Waals surface area contributed by atoms with Crippen LogP contribution in [-0.2, 0) is 4.74 Å². The van der Waals surface area contributed by atoms with Gasteiger partial charge in [0.25, 0.3) is 5.91 Å². The number of aryl methyl sites for hydroxylation is 1. The zero-order valence-electron chi connectivity index (χ0n) is 10.5. The summed E-state index contributed by atoms with van der Waals surface area (Å²) in [6.45, 7) is 4.70. The van der Waals surface area contributed by atoms with E-state index in [1.165, 1.54) is 11.3 Å². The normalized spacial score (nSPS) is 24.3. The highest BCUT2D eigenvalue weighted by molar-refractivity contribution is 7.14. The first-order valence-corrected chi connectivity index (χ1v) is 6.74. The number of nitrogen functional groups attached to an aromatic ring is 1. The Morgan fingerprint density at radius 2 is 2.39 bits per heavy atom. The second-order valence-electron chi connectivity index (χ2n) is 4.58. The van der Waals surface area contributed by atoms with Crippen LogP contribution >= 0.6 is 11.3 Å². The van der Waals surface area contributed by atoms with Gasteiger partial charge >= 0.3 is 0 Å². The second kappa shape index (κ2) is 5.26. The number of morpholine rings is 1. The molecular weight excluding hydrogens is 252 g/mol. The van der Waals surface area contributed by atoms with E-state index in [2.05, 4.69) is 0 Å². The molecule has 1 fully saturated rings. The van der Waals surface area contributed by atoms with Crippen molar-refractivity contribution in [2.75, 3.05) is 25.4 Å². The molecule has 1 aromatic rings. The standard InChI is InChI=1S/C12H18N2O3S/c1-7-4-14(5-9(6-15)17-7)12(16)11-3-10(13)8(2)18-11/h3,7,9,15H,4-6,13H2,1-2H3. The van der Waals surface area contributed by atoms with E-state index in [9.17, 15) is 4.79 Å². The van der Waals surface area contributed by atoms with Crippen LogP contribution in [0.5, 0.6) is 0 Å². The number of anilines is 1. The minimum Gasteiger partial charge on any atom is -0.398 e. The van der Waals surface area contributed by atoms with Crippen LogP contribution in [0.3, 0.4) is 0 Å². The highest BCUT2D eigenvalue weighted by Crippen LogP contribution is 2.25. The van der Waals surface area contributed by atoms with Gasteiger partial charge in [-0.2, -0.15) is 0 Å². The molecule has 6 heteroatoms. The van der Waals surface area contributed by atoms with Gasteiger partial charge in [0.15, 0.2) is 0 Å². The minimum absolute atomic E-state index is 0.0339. The summed E-state index contributed by atoms with van der Waals surface area (Å²) in [5, 5.41) is 9.15. The predicted octanol–water partition coefficient (Wildman–Crippen LogP) is 0.861. The van der Waals surface area contributed by atoms with Gasteiger partial charge in [0.05, 0.1) is 23.7 Å². The fourth-order valence-electron chi connectivity index (χ4n) is 2.07. The van der Waals surface area contributed by atoms with E-state index in [0.29, 0.717) is 23.7 Å². The molecule has 3 N–H and O–H groups in total. The summed E-state index contributed by atoms with van der Waals surface area (Å²) in [5.74, 6) is -0.0339. The molecule has 100 valence electrons. The number of amides is 1. The van der Waals surface area contributed by atoms with Crippen LogP contribution in [0.15, 0.2) is 6.07 Å². The zero-order chi connectivity index (χ0) is 13.3. The maximum Gasteiger partial charge on any atom is 0.264 e. The highest BCUT2D eigenvalue weighted by atomic mass is 32.1. The topological polar surface area (TPSA) is 75.8 Å². The van der Waals surface area contributed by atoms with Crippen LogP contribution in [0.2, 0.25) is 0 Å². The Bertz CT molecular complexity index is 427. The van der Waals surface area contributed by atoms with Crippen molar-refractivity contribution in [2.45, 2.75) is 26.1 Å². The summed E-state index contributed by atoms with van der Waals surface area (Å²) >= 11 is 1.41. The SMILES string of the molecule is Cc1sc(C(=O)N2CC(C)OC(CO)C2)cc1N. The lowest BCUT2D eigenvalue weighted by atomic mass is 10.2. The fraction of sp³-hybridized carbons (Fsp3) is 0.583. The van der Waals surface area contributed by atoms with E-state index in [1.807, 2.05) is 13.8 Å². The average Bonchev–Trinajstić information content (AvgIpc) is 2.68. The molecule has 0 radical (unpaired) electrons. The number of carbonyl (C=O) groups excluding carboxylic acids is 1. The zero-order valence-corrected chi connectivity index (χ0v) is 11.4. The Labute approximate surface area is 110 Å². The third-order valence-corrected chi connectivity index (χ3v) is 4.04. The van der Waals surface area contributed by atoms with E-state index < -0.39 is 0 Å². The lowest BCUT2D eigenvalue weighted by Gasteiger charge is -2.35. The van der Waals surface area contributed by atoms with Gasteiger partial charge in [-0.05, 0) is 19.9 Å². The van der Waals surface area contributed by atoms with Crippen LogP contribution in [0, 0.1) is 6.92 Å². The molecule has 1 aliphatic heterocycles. The first-order valence-electron chi connectivity index (χ1n) is 5.92. The number of carbonyl (C=O) groups is 1. The summed E-state index contributed by atoms with van der Waals surface area (Å²) in [6.07, 6.45) is -0.352. The molecule has 1 aromatic heterocycles. The van der Waals surface area contributed by atoms with Gasteiger partial charge in [0, 0.05) is 23.7 Å². The average molecular weight is 270 g/mol. The van der Waals surface area contributed by atoms with E-state index >= 15 is 0 Å². The molecule has 2 rings (SSSR count). The number of ether oxygens (including phenoxy) is 1. The van der Waals surface area contributed by atoms with Crippen LogP contribution in [0.25, 0.3) is 0 Å². The van der Waals surface area contributed by atoms with Crippen molar-refractivity contribution in [1.82, 2.24) is 4.90 Å². The predicted molar refractivity (Wildman–Crippen MR) is 70.8 cm³/mol. The number of aliphatic hydroxyl groups is 1. The van der Waals surface area contributed by atoms with E-state index in [0.717, 1.165) is 4.88 Å². The molecule has 1 aliphatic rings. The van der Waals surface area contributed by atoms with Crippen molar-refractivity contribution in [2.24, 2.45) is 0 Å². The van der Waals surface area contributed by atoms with Crippen molar-refractivity contribution in [3.63, 3.8) is 0 Å². The summed E-state index contributed by atoms with van der Waals surface area (Å²) in [5.41, 5.74) is 6.42. The summed E-state index contributed by atoms with van der Waals surface area (Å²) in [6, 6.07) is 1.72. The molecular formula is C12H18N2O3S. The third-order valence-electron chi connectivity index (χ3n) is 2.98. The van der Waals surface area contributed by atoms with Gasteiger partial charge in [-0.15, -0.1) is 11.3 Å². The Morgan fingerprint density at radius 3 is 2.94 bits per heavy atom. The minimum atomic E-state index is -0.295. The quantitative estimate of drug-likeness (QED) is 0.836. The molecule has 2 heterocycles. The molecule has 2 unspecified atom stereocenters. The monoisotopic (exact) mass is 270 g/mol. The van der Waals surface area contributed by atoms with Crippen LogP contribution in [0.1, 0.15) is 21.5 Å². The van der Waals surface area contributed by atoms with Crippen molar-refractivity contribution in [3.05, 3.63) is 15.8 Å². The van der Waals surface area contributed by atoms with Crippen LogP contribution in [-0.4, -0.2) is 47.8 Å². The van der Waals surface area contributed by atoms with Crippen molar-refractivity contribution < 1.29 is 14.6 Å². The number of hydrogen-bond donors (Lipinski definition) is 2. The Balaban J connectivity index is 2.13. The fourth-order valence-corrected chi connectivity index (χ4v) is 2.98. The molecule has 18 heavy (non-hydrogen) atoms. The van der Waals surface area contributed by atoms with Gasteiger partial charge in [-0.1, -0.05) is 0 Å². The number of aliphatic hydroxyl groups excluding tert-OH is 1. The smallest absolute Gasteiger partial charge is 0.264 e. The van der Waals surface area contributed by atoms with Gasteiger partial charge < -0.3 is 20.5 Å². The summed E-state index contributed by atoms with van der Waals surface area (Å²) < 4.78 is 5.52. The van der Waals surface area contributed by atoms with Crippen molar-refractivity contribution in [1.29, 1.82) is 0 Å².